The molecule has 0 aromatic carbocycles. The van der Waals surface area contributed by atoms with E-state index in [4.69, 9.17) is 9.47 Å². The molecule has 0 bridgehead atoms. The summed E-state index contributed by atoms with van der Waals surface area (Å²) >= 11 is 0. The lowest BCUT2D eigenvalue weighted by Gasteiger charge is -2.52. The van der Waals surface area contributed by atoms with Crippen LogP contribution >= 0.6 is 0 Å². The van der Waals surface area contributed by atoms with E-state index in [1.807, 2.05) is 19.9 Å². The average Bonchev–Trinajstić information content (AvgIpc) is 3.46. The fourth-order valence-electron chi connectivity index (χ4n) is 9.22. The molecule has 268 valence electrons. The van der Waals surface area contributed by atoms with E-state index in [1.165, 1.54) is 32.6 Å². The Morgan fingerprint density at radius 2 is 1.58 bits per heavy atom. The zero-order chi connectivity index (χ0) is 35.3. The molecule has 0 radical (unpaired) electrons. The monoisotopic (exact) mass is 668 g/mol. The maximum Gasteiger partial charge on any atom is 0.306 e. The number of hydrogen-bond donors (Lipinski definition) is 3. The van der Waals surface area contributed by atoms with Crippen LogP contribution in [0.4, 0.5) is 0 Å². The first-order valence-corrected chi connectivity index (χ1v) is 18.4. The largest absolute Gasteiger partial charge is 0.461 e. The minimum Gasteiger partial charge on any atom is -0.461 e. The van der Waals surface area contributed by atoms with Crippen molar-refractivity contribution in [1.29, 1.82) is 0 Å². The highest BCUT2D eigenvalue weighted by atomic mass is 16.6. The van der Waals surface area contributed by atoms with Crippen molar-refractivity contribution in [1.82, 2.24) is 0 Å². The third-order valence-electron chi connectivity index (χ3n) is 11.9. The van der Waals surface area contributed by atoms with Crippen LogP contribution in [0.3, 0.4) is 0 Å². The van der Waals surface area contributed by atoms with Gasteiger partial charge in [-0.2, -0.15) is 0 Å². The summed E-state index contributed by atoms with van der Waals surface area (Å²) in [5.74, 6) is -4.32. The zero-order valence-corrected chi connectivity index (χ0v) is 30.1. The van der Waals surface area contributed by atoms with E-state index in [2.05, 4.69) is 31.2 Å². The van der Waals surface area contributed by atoms with E-state index in [0.29, 0.717) is 11.1 Å². The van der Waals surface area contributed by atoms with Crippen LogP contribution in [0, 0.1) is 29.1 Å². The molecule has 4 rings (SSSR count). The molecular weight excluding hydrogens is 608 g/mol. The minimum absolute atomic E-state index is 0.101. The summed E-state index contributed by atoms with van der Waals surface area (Å²) in [4.78, 5) is 38.4. The van der Waals surface area contributed by atoms with Gasteiger partial charge < -0.3 is 24.8 Å². The summed E-state index contributed by atoms with van der Waals surface area (Å²) < 4.78 is 11.5. The SMILES string of the molecule is CCCCC/C=C\C/C=C\CCCCCCCC(=O)OCC1=C[C@H]2[C@@H]3C(C)(C)[C@]3(OC(C)=O)[C@H](O)[C@@H](C)[C@]2(O)[C@@H]2C=C(C)C(=O)[C@@]2(O)C1. The van der Waals surface area contributed by atoms with Gasteiger partial charge in [0.25, 0.3) is 0 Å². The zero-order valence-electron chi connectivity index (χ0n) is 30.1. The quantitative estimate of drug-likeness (QED) is 0.0871. The number of carbonyl (C=O) groups excluding carboxylic acids is 3. The molecule has 48 heavy (non-hydrogen) atoms. The molecule has 2 saturated carbocycles. The summed E-state index contributed by atoms with van der Waals surface area (Å²) in [6, 6.07) is 0. The minimum atomic E-state index is -1.94. The molecule has 8 nitrogen and oxygen atoms in total. The Morgan fingerprint density at radius 3 is 2.23 bits per heavy atom. The molecule has 4 aliphatic rings. The fourth-order valence-corrected chi connectivity index (χ4v) is 9.22. The number of aliphatic hydroxyl groups is 3. The van der Waals surface area contributed by atoms with Crippen LogP contribution in [0.2, 0.25) is 0 Å². The molecule has 8 atom stereocenters. The van der Waals surface area contributed by atoms with Gasteiger partial charge in [0.1, 0.15) is 17.8 Å². The van der Waals surface area contributed by atoms with Crippen LogP contribution in [-0.2, 0) is 23.9 Å². The molecule has 0 saturated heterocycles. The Morgan fingerprint density at radius 1 is 0.958 bits per heavy atom. The average molecular weight is 669 g/mol. The number of aliphatic hydroxyl groups excluding tert-OH is 1. The van der Waals surface area contributed by atoms with Gasteiger partial charge in [-0.25, -0.2) is 0 Å². The van der Waals surface area contributed by atoms with Crippen LogP contribution in [0.15, 0.2) is 47.6 Å². The highest BCUT2D eigenvalue weighted by molar-refractivity contribution is 6.04. The molecule has 0 spiro atoms. The molecule has 0 unspecified atom stereocenters. The first-order chi connectivity index (χ1) is 22.7. The topological polar surface area (TPSA) is 130 Å². The second kappa shape index (κ2) is 15.6. The first-order valence-electron chi connectivity index (χ1n) is 18.4. The van der Waals surface area contributed by atoms with Crippen LogP contribution in [0.1, 0.15) is 125 Å². The normalized spacial score (nSPS) is 35.0. The van der Waals surface area contributed by atoms with Gasteiger partial charge in [-0.1, -0.05) is 96.3 Å². The number of ether oxygens (including phenoxy) is 2. The van der Waals surface area contributed by atoms with E-state index < -0.39 is 63.7 Å². The number of ketones is 1. The van der Waals surface area contributed by atoms with Crippen LogP contribution in [0.5, 0.6) is 0 Å². The number of unbranched alkanes of at least 4 members (excludes halogenated alkanes) is 8. The molecule has 3 N–H and O–H groups in total. The summed E-state index contributed by atoms with van der Waals surface area (Å²) in [5.41, 5.74) is -4.68. The van der Waals surface area contributed by atoms with Gasteiger partial charge in [-0.3, -0.25) is 14.4 Å². The van der Waals surface area contributed by atoms with Gasteiger partial charge in [0.05, 0.1) is 11.7 Å². The van der Waals surface area contributed by atoms with E-state index in [9.17, 15) is 29.7 Å². The molecule has 0 aromatic rings. The smallest absolute Gasteiger partial charge is 0.306 e. The van der Waals surface area contributed by atoms with E-state index in [1.54, 1.807) is 19.9 Å². The molecule has 0 amide bonds. The number of fused-ring (bicyclic) bond motifs is 5. The van der Waals surface area contributed by atoms with Crippen molar-refractivity contribution in [2.45, 2.75) is 148 Å². The summed E-state index contributed by atoms with van der Waals surface area (Å²) in [6.07, 6.45) is 23.4. The van der Waals surface area contributed by atoms with Crippen molar-refractivity contribution >= 4 is 17.7 Å². The highest BCUT2D eigenvalue weighted by Crippen LogP contribution is 2.76. The van der Waals surface area contributed by atoms with E-state index in [0.717, 1.165) is 44.9 Å². The molecule has 4 aliphatic carbocycles. The number of allylic oxidation sites excluding steroid dienone is 4. The Balaban J connectivity index is 1.32. The predicted molar refractivity (Wildman–Crippen MR) is 186 cm³/mol. The second-order valence-electron chi connectivity index (χ2n) is 15.5. The van der Waals surface area contributed by atoms with Crippen molar-refractivity contribution in [3.05, 3.63) is 47.6 Å². The molecule has 0 aromatic heterocycles. The van der Waals surface area contributed by atoms with Gasteiger partial charge in [0, 0.05) is 48.9 Å². The third kappa shape index (κ3) is 7.18. The Hall–Kier alpha value is -2.55. The van der Waals surface area contributed by atoms with E-state index in [-0.39, 0.29) is 25.4 Å². The van der Waals surface area contributed by atoms with Crippen LogP contribution in [-0.4, -0.2) is 62.6 Å². The number of esters is 2. The molecule has 2 fully saturated rings. The first kappa shape index (κ1) is 38.3. The number of hydrogen-bond acceptors (Lipinski definition) is 8. The lowest BCUT2D eigenvalue weighted by atomic mass is 9.59. The van der Waals surface area contributed by atoms with Crippen molar-refractivity contribution in [3.8, 4) is 0 Å². The van der Waals surface area contributed by atoms with Crippen molar-refractivity contribution in [3.63, 3.8) is 0 Å². The van der Waals surface area contributed by atoms with Gasteiger partial charge in [0.2, 0.25) is 0 Å². The van der Waals surface area contributed by atoms with Gasteiger partial charge >= 0.3 is 11.9 Å². The maximum absolute atomic E-state index is 13.4. The van der Waals surface area contributed by atoms with Gasteiger partial charge in [-0.15, -0.1) is 0 Å². The summed E-state index contributed by atoms with van der Waals surface area (Å²) in [5, 5.41) is 36.1. The van der Waals surface area contributed by atoms with Crippen LogP contribution < -0.4 is 0 Å². The van der Waals surface area contributed by atoms with Crippen molar-refractivity contribution in [2.24, 2.45) is 29.1 Å². The molecule has 0 aliphatic heterocycles. The second-order valence-corrected chi connectivity index (χ2v) is 15.5. The molecular formula is C40H60O8. The number of Topliss-reactive ketones (excluding diaryl/α,β-unsaturated/α-hetero) is 1. The van der Waals surface area contributed by atoms with Gasteiger partial charge in [-0.05, 0) is 56.6 Å². The van der Waals surface area contributed by atoms with E-state index >= 15 is 0 Å². The molecule has 8 heteroatoms. The van der Waals surface area contributed by atoms with Gasteiger partial charge in [0.15, 0.2) is 5.78 Å². The number of rotatable bonds is 17. The number of carbonyl (C=O) groups is 3. The lowest BCUT2D eigenvalue weighted by molar-refractivity contribution is -0.218. The van der Waals surface area contributed by atoms with Crippen molar-refractivity contribution < 1.29 is 39.2 Å². The van der Waals surface area contributed by atoms with Crippen LogP contribution in [0.25, 0.3) is 0 Å². The third-order valence-corrected chi connectivity index (χ3v) is 11.9. The Labute approximate surface area is 287 Å². The fraction of sp³-hybridized carbons (Fsp3) is 0.725. The Kier molecular flexibility index (Phi) is 12.4. The Bertz CT molecular complexity index is 1310. The standard InChI is InChI=1S/C40H60O8/c1-7-8-9-10-11-12-13-14-15-16-17-18-19-20-21-22-33(42)47-26-30-24-31-34-37(5,6)40(34,48-29(4)41)36(44)28(3)39(31,46)32-23-27(2)35(43)38(32,45)25-30/h11-12,14-15,23-24,28,31-32,34,36,44-46H,7-10,13,16-22,25-26H2,1-6H3/b12-11-,15-14-/t28-,31+,32-,34-,36-,38-,39-,40-/m1/s1. The highest BCUT2D eigenvalue weighted by Gasteiger charge is 2.86. The maximum atomic E-state index is 13.4. The molecule has 0 heterocycles. The summed E-state index contributed by atoms with van der Waals surface area (Å²) in [7, 11) is 0. The summed E-state index contributed by atoms with van der Waals surface area (Å²) in [6.45, 7) is 10.5. The van der Waals surface area contributed by atoms with Crippen molar-refractivity contribution in [2.75, 3.05) is 6.61 Å². The lowest BCUT2D eigenvalue weighted by Crippen LogP contribution is -2.65. The predicted octanol–water partition coefficient (Wildman–Crippen LogP) is 6.87.